The lowest BCUT2D eigenvalue weighted by atomic mass is 10.1. The zero-order valence-corrected chi connectivity index (χ0v) is 12.9. The van der Waals surface area contributed by atoms with Crippen molar-refractivity contribution >= 4 is 31.4 Å². The van der Waals surface area contributed by atoms with E-state index in [0.29, 0.717) is 6.54 Å². The van der Waals surface area contributed by atoms with E-state index in [1.807, 2.05) is 24.3 Å². The van der Waals surface area contributed by atoms with E-state index in [1.165, 1.54) is 30.6 Å². The van der Waals surface area contributed by atoms with Crippen LogP contribution in [0.2, 0.25) is 0 Å². The Hall–Kier alpha value is -0.980. The molecule has 1 aliphatic rings. The third-order valence-corrected chi connectivity index (χ3v) is 6.85. The highest BCUT2D eigenvalue weighted by Gasteiger charge is 2.21. The molecule has 0 spiro atoms. The van der Waals surface area contributed by atoms with E-state index in [4.69, 9.17) is 0 Å². The van der Waals surface area contributed by atoms with Gasteiger partial charge in [0.1, 0.15) is 0 Å². The molecule has 1 fully saturated rings. The molecular weight excluding hydrogens is 292 g/mol. The molecule has 0 N–H and O–H groups in total. The molecule has 1 aromatic carbocycles. The Morgan fingerprint density at radius 2 is 1.90 bits per heavy atom. The largest absolute Gasteiger partial charge is 0.302 e. The van der Waals surface area contributed by atoms with Crippen LogP contribution in [0, 0.1) is 0 Å². The van der Waals surface area contributed by atoms with Crippen molar-refractivity contribution in [3.63, 3.8) is 0 Å². The molecule has 2 aromatic rings. The molecule has 6 heteroatoms. The SMILES string of the molecule is O=S(=O)(CCN1CCCCC1)c1nc2ccccc2s1. The van der Waals surface area contributed by atoms with Crippen LogP contribution in [-0.4, -0.2) is 43.7 Å². The van der Waals surface area contributed by atoms with E-state index < -0.39 is 9.84 Å². The first-order valence-corrected chi connectivity index (χ1v) is 9.43. The van der Waals surface area contributed by atoms with Gasteiger partial charge in [0, 0.05) is 6.54 Å². The molecule has 3 rings (SSSR count). The number of piperidine rings is 1. The molecule has 0 bridgehead atoms. The minimum atomic E-state index is -3.26. The first kappa shape index (κ1) is 14.0. The fourth-order valence-electron chi connectivity index (χ4n) is 2.50. The fourth-order valence-corrected chi connectivity index (χ4v) is 5.14. The van der Waals surface area contributed by atoms with Crippen LogP contribution in [0.15, 0.2) is 28.6 Å². The molecule has 0 amide bonds. The number of nitrogens with zero attached hydrogens (tertiary/aromatic N) is 2. The number of fused-ring (bicyclic) bond motifs is 1. The average molecular weight is 310 g/mol. The summed E-state index contributed by atoms with van der Waals surface area (Å²) < 4.78 is 25.9. The summed E-state index contributed by atoms with van der Waals surface area (Å²) in [5.41, 5.74) is 0.772. The van der Waals surface area contributed by atoms with Crippen molar-refractivity contribution in [3.05, 3.63) is 24.3 Å². The Morgan fingerprint density at radius 1 is 1.15 bits per heavy atom. The van der Waals surface area contributed by atoms with Crippen molar-refractivity contribution in [1.29, 1.82) is 0 Å². The van der Waals surface area contributed by atoms with Crippen LogP contribution in [0.4, 0.5) is 0 Å². The van der Waals surface area contributed by atoms with Gasteiger partial charge in [-0.1, -0.05) is 18.6 Å². The molecule has 0 unspecified atom stereocenters. The summed E-state index contributed by atoms with van der Waals surface area (Å²) in [6, 6.07) is 7.56. The number of rotatable bonds is 4. The normalized spacial score (nSPS) is 17.6. The monoisotopic (exact) mass is 310 g/mol. The molecule has 1 aliphatic heterocycles. The van der Waals surface area contributed by atoms with Gasteiger partial charge >= 0.3 is 0 Å². The van der Waals surface area contributed by atoms with Crippen molar-refractivity contribution in [3.8, 4) is 0 Å². The highest BCUT2D eigenvalue weighted by molar-refractivity contribution is 7.93. The standard InChI is InChI=1S/C14H18N2O2S2/c17-20(18,11-10-16-8-4-1-5-9-16)14-15-12-6-2-3-7-13(12)19-14/h2-3,6-7H,1,4-5,8-11H2. The molecule has 2 heterocycles. The lowest BCUT2D eigenvalue weighted by Gasteiger charge is -2.25. The van der Waals surface area contributed by atoms with E-state index in [1.54, 1.807) is 0 Å². The van der Waals surface area contributed by atoms with Crippen molar-refractivity contribution in [2.45, 2.75) is 23.6 Å². The third-order valence-electron chi connectivity index (χ3n) is 3.67. The van der Waals surface area contributed by atoms with Crippen LogP contribution in [-0.2, 0) is 9.84 Å². The average Bonchev–Trinajstić information content (AvgIpc) is 2.91. The highest BCUT2D eigenvalue weighted by atomic mass is 32.2. The number of benzene rings is 1. The lowest BCUT2D eigenvalue weighted by Crippen LogP contribution is -2.33. The maximum absolute atomic E-state index is 12.4. The summed E-state index contributed by atoms with van der Waals surface area (Å²) in [4.78, 5) is 6.50. The Bertz CT molecular complexity index is 655. The lowest BCUT2D eigenvalue weighted by molar-refractivity contribution is 0.241. The number of aromatic nitrogens is 1. The first-order valence-electron chi connectivity index (χ1n) is 6.96. The van der Waals surface area contributed by atoms with Gasteiger partial charge in [-0.05, 0) is 38.1 Å². The molecule has 108 valence electrons. The second kappa shape index (κ2) is 5.79. The Morgan fingerprint density at radius 3 is 2.65 bits per heavy atom. The molecule has 4 nitrogen and oxygen atoms in total. The number of likely N-dealkylation sites (tertiary alicyclic amines) is 1. The summed E-state index contributed by atoms with van der Waals surface area (Å²) >= 11 is 1.27. The van der Waals surface area contributed by atoms with Gasteiger partial charge < -0.3 is 4.90 Å². The van der Waals surface area contributed by atoms with Gasteiger partial charge in [0.15, 0.2) is 0 Å². The highest BCUT2D eigenvalue weighted by Crippen LogP contribution is 2.25. The zero-order chi connectivity index (χ0) is 14.0. The summed E-state index contributed by atoms with van der Waals surface area (Å²) in [5.74, 6) is 0.173. The van der Waals surface area contributed by atoms with Crippen molar-refractivity contribution < 1.29 is 8.42 Å². The van der Waals surface area contributed by atoms with Gasteiger partial charge in [0.2, 0.25) is 14.2 Å². The zero-order valence-electron chi connectivity index (χ0n) is 11.3. The molecule has 20 heavy (non-hydrogen) atoms. The van der Waals surface area contributed by atoms with E-state index >= 15 is 0 Å². The Kier molecular flexibility index (Phi) is 4.05. The van der Waals surface area contributed by atoms with Gasteiger partial charge in [0.05, 0.1) is 16.0 Å². The number of para-hydroxylation sites is 1. The van der Waals surface area contributed by atoms with Gasteiger partial charge in [-0.2, -0.15) is 0 Å². The van der Waals surface area contributed by atoms with Crippen molar-refractivity contribution in [2.24, 2.45) is 0 Å². The van der Waals surface area contributed by atoms with E-state index in [-0.39, 0.29) is 10.1 Å². The predicted octanol–water partition coefficient (Wildman–Crippen LogP) is 2.56. The summed E-state index contributed by atoms with van der Waals surface area (Å²) in [6.07, 6.45) is 3.63. The van der Waals surface area contributed by atoms with E-state index in [0.717, 1.165) is 23.3 Å². The smallest absolute Gasteiger partial charge is 0.210 e. The summed E-state index contributed by atoms with van der Waals surface area (Å²) in [6.45, 7) is 2.67. The van der Waals surface area contributed by atoms with Gasteiger partial charge in [-0.15, -0.1) is 11.3 Å². The molecule has 1 aromatic heterocycles. The predicted molar refractivity (Wildman–Crippen MR) is 82.0 cm³/mol. The number of sulfone groups is 1. The molecule has 0 aliphatic carbocycles. The van der Waals surface area contributed by atoms with Crippen LogP contribution >= 0.6 is 11.3 Å². The summed E-state index contributed by atoms with van der Waals surface area (Å²) in [5, 5.41) is 0. The van der Waals surface area contributed by atoms with Crippen molar-refractivity contribution in [2.75, 3.05) is 25.4 Å². The molecule has 0 saturated carbocycles. The maximum atomic E-state index is 12.4. The van der Waals surface area contributed by atoms with Crippen LogP contribution in [0.1, 0.15) is 19.3 Å². The maximum Gasteiger partial charge on any atom is 0.210 e. The van der Waals surface area contributed by atoms with Crippen LogP contribution < -0.4 is 0 Å². The second-order valence-electron chi connectivity index (χ2n) is 5.17. The molecular formula is C14H18N2O2S2. The van der Waals surface area contributed by atoms with E-state index in [9.17, 15) is 8.42 Å². The number of hydrogen-bond acceptors (Lipinski definition) is 5. The molecule has 0 atom stereocenters. The minimum absolute atomic E-state index is 0.173. The third kappa shape index (κ3) is 3.02. The minimum Gasteiger partial charge on any atom is -0.302 e. The molecule has 0 radical (unpaired) electrons. The van der Waals surface area contributed by atoms with Crippen LogP contribution in [0.5, 0.6) is 0 Å². The fraction of sp³-hybridized carbons (Fsp3) is 0.500. The van der Waals surface area contributed by atoms with Gasteiger partial charge in [-0.25, -0.2) is 13.4 Å². The first-order chi connectivity index (χ1) is 9.65. The number of hydrogen-bond donors (Lipinski definition) is 0. The van der Waals surface area contributed by atoms with Crippen LogP contribution in [0.25, 0.3) is 10.2 Å². The quantitative estimate of drug-likeness (QED) is 0.871. The Balaban J connectivity index is 1.73. The van der Waals surface area contributed by atoms with Crippen LogP contribution in [0.3, 0.4) is 0 Å². The molecule has 1 saturated heterocycles. The van der Waals surface area contributed by atoms with Crippen molar-refractivity contribution in [1.82, 2.24) is 9.88 Å². The van der Waals surface area contributed by atoms with Gasteiger partial charge in [-0.3, -0.25) is 0 Å². The van der Waals surface area contributed by atoms with E-state index in [2.05, 4.69) is 9.88 Å². The Labute approximate surface area is 123 Å². The summed E-state index contributed by atoms with van der Waals surface area (Å²) in [7, 11) is -3.26. The number of thiazole rings is 1. The van der Waals surface area contributed by atoms with Gasteiger partial charge in [0.25, 0.3) is 0 Å². The topological polar surface area (TPSA) is 50.3 Å². The second-order valence-corrected chi connectivity index (χ2v) is 8.48.